The van der Waals surface area contributed by atoms with Gasteiger partial charge in [0.1, 0.15) is 6.10 Å². The molecule has 1 aliphatic carbocycles. The van der Waals surface area contributed by atoms with E-state index in [9.17, 15) is 9.90 Å². The lowest BCUT2D eigenvalue weighted by Gasteiger charge is -2.36. The van der Waals surface area contributed by atoms with E-state index in [1.165, 1.54) is 12.8 Å². The normalized spacial score (nSPS) is 21.5. The van der Waals surface area contributed by atoms with Crippen LogP contribution in [0.5, 0.6) is 0 Å². The summed E-state index contributed by atoms with van der Waals surface area (Å²) in [6, 6.07) is 9.73. The second-order valence-corrected chi connectivity index (χ2v) is 6.97. The minimum atomic E-state index is -0.478. The molecule has 1 aromatic carbocycles. The fraction of sp³-hybridized carbons (Fsp3) is 0.632. The van der Waals surface area contributed by atoms with Gasteiger partial charge in [-0.3, -0.25) is 9.69 Å². The average Bonchev–Trinajstić information content (AvgIpc) is 3.45. The van der Waals surface area contributed by atoms with Crippen LogP contribution in [0, 0.1) is 5.92 Å². The monoisotopic (exact) mass is 332 g/mol. The zero-order valence-corrected chi connectivity index (χ0v) is 14.4. The molecule has 0 aromatic heterocycles. The number of piperazine rings is 1. The van der Waals surface area contributed by atoms with Crippen LogP contribution < -0.4 is 0 Å². The Labute approximate surface area is 144 Å². The molecule has 1 aromatic rings. The second-order valence-electron chi connectivity index (χ2n) is 6.97. The van der Waals surface area contributed by atoms with Crippen molar-refractivity contribution in [2.24, 2.45) is 5.92 Å². The number of β-amino-alcohol motifs (C(OH)–C–C–N with tert-alkyl or cyclic N) is 1. The molecule has 2 aliphatic rings. The quantitative estimate of drug-likeness (QED) is 0.825. The van der Waals surface area contributed by atoms with Crippen LogP contribution in [-0.2, 0) is 9.53 Å². The summed E-state index contributed by atoms with van der Waals surface area (Å²) in [6.45, 7) is 6.19. The summed E-state index contributed by atoms with van der Waals surface area (Å²) in [6.07, 6.45) is 1.66. The first-order valence-corrected chi connectivity index (χ1v) is 8.99. The third-order valence-corrected chi connectivity index (χ3v) is 4.93. The lowest BCUT2D eigenvalue weighted by Crippen LogP contribution is -2.52. The zero-order chi connectivity index (χ0) is 16.9. The van der Waals surface area contributed by atoms with E-state index in [1.807, 2.05) is 42.2 Å². The third kappa shape index (κ3) is 4.79. The Bertz CT molecular complexity index is 525. The maximum absolute atomic E-state index is 12.4. The predicted octanol–water partition coefficient (Wildman–Crippen LogP) is 1.68. The van der Waals surface area contributed by atoms with E-state index in [0.29, 0.717) is 25.6 Å². The van der Waals surface area contributed by atoms with Gasteiger partial charge in [-0.15, -0.1) is 0 Å². The van der Waals surface area contributed by atoms with Crippen LogP contribution in [0.1, 0.15) is 31.4 Å². The summed E-state index contributed by atoms with van der Waals surface area (Å²) < 4.78 is 5.69. The molecule has 2 fully saturated rings. The predicted molar refractivity (Wildman–Crippen MR) is 92.6 cm³/mol. The van der Waals surface area contributed by atoms with Crippen molar-refractivity contribution < 1.29 is 14.6 Å². The molecular weight excluding hydrogens is 304 g/mol. The number of carbonyl (C=O) groups is 1. The average molecular weight is 332 g/mol. The molecule has 0 bridgehead atoms. The number of aliphatic hydroxyl groups excluding tert-OH is 1. The Balaban J connectivity index is 1.40. The molecule has 1 saturated carbocycles. The van der Waals surface area contributed by atoms with E-state index in [-0.39, 0.29) is 12.0 Å². The highest BCUT2D eigenvalue weighted by molar-refractivity contribution is 5.80. The highest BCUT2D eigenvalue weighted by Gasteiger charge is 2.28. The van der Waals surface area contributed by atoms with Gasteiger partial charge in [-0.25, -0.2) is 0 Å². The van der Waals surface area contributed by atoms with Gasteiger partial charge >= 0.3 is 0 Å². The fourth-order valence-corrected chi connectivity index (χ4v) is 3.07. The van der Waals surface area contributed by atoms with Gasteiger partial charge in [-0.2, -0.15) is 0 Å². The van der Waals surface area contributed by atoms with Crippen molar-refractivity contribution in [3.05, 3.63) is 35.9 Å². The maximum atomic E-state index is 12.4. The molecule has 132 valence electrons. The van der Waals surface area contributed by atoms with Gasteiger partial charge in [0.2, 0.25) is 0 Å². The molecule has 1 saturated heterocycles. The second kappa shape index (κ2) is 8.10. The van der Waals surface area contributed by atoms with Gasteiger partial charge in [0.25, 0.3) is 5.91 Å². The van der Waals surface area contributed by atoms with Crippen LogP contribution in [0.15, 0.2) is 30.3 Å². The summed E-state index contributed by atoms with van der Waals surface area (Å²) in [5.41, 5.74) is 0.943. The Morgan fingerprint density at radius 1 is 1.21 bits per heavy atom. The number of rotatable bonds is 7. The number of ether oxygens (including phenoxy) is 1. The Hall–Kier alpha value is -1.43. The molecule has 5 heteroatoms. The lowest BCUT2D eigenvalue weighted by molar-refractivity contribution is -0.144. The van der Waals surface area contributed by atoms with Crippen LogP contribution in [0.2, 0.25) is 0 Å². The van der Waals surface area contributed by atoms with Crippen LogP contribution in [-0.4, -0.2) is 66.2 Å². The van der Waals surface area contributed by atoms with Crippen LogP contribution in [0.3, 0.4) is 0 Å². The Morgan fingerprint density at radius 3 is 2.50 bits per heavy atom. The smallest absolute Gasteiger partial charge is 0.251 e. The molecule has 24 heavy (non-hydrogen) atoms. The van der Waals surface area contributed by atoms with Crippen LogP contribution in [0.4, 0.5) is 0 Å². The Kier molecular flexibility index (Phi) is 5.87. The summed E-state index contributed by atoms with van der Waals surface area (Å²) in [5, 5.41) is 10.3. The van der Waals surface area contributed by atoms with Crippen molar-refractivity contribution in [1.82, 2.24) is 9.80 Å². The number of nitrogens with zero attached hydrogens (tertiary/aromatic N) is 2. The molecule has 2 atom stereocenters. The minimum absolute atomic E-state index is 0.0962. The van der Waals surface area contributed by atoms with Crippen molar-refractivity contribution in [3.8, 4) is 0 Å². The minimum Gasteiger partial charge on any atom is -0.387 e. The van der Waals surface area contributed by atoms with Gasteiger partial charge in [-0.05, 0) is 31.2 Å². The fourth-order valence-electron chi connectivity index (χ4n) is 3.07. The first kappa shape index (κ1) is 17.4. The topological polar surface area (TPSA) is 53.0 Å². The first-order chi connectivity index (χ1) is 11.6. The first-order valence-electron chi connectivity index (χ1n) is 8.99. The van der Waals surface area contributed by atoms with Gasteiger partial charge in [0.15, 0.2) is 0 Å². The molecule has 0 spiro atoms. The molecule has 2 unspecified atom stereocenters. The highest BCUT2D eigenvalue weighted by atomic mass is 16.5. The van der Waals surface area contributed by atoms with Gasteiger partial charge in [0.05, 0.1) is 12.7 Å². The van der Waals surface area contributed by atoms with Crippen LogP contribution >= 0.6 is 0 Å². The number of benzene rings is 1. The van der Waals surface area contributed by atoms with E-state index in [4.69, 9.17) is 4.74 Å². The van der Waals surface area contributed by atoms with E-state index in [1.54, 1.807) is 0 Å². The SMILES string of the molecule is CC(OCC1CC1)C(=O)N1CCN(CC(O)c2ccccc2)CC1. The summed E-state index contributed by atoms with van der Waals surface area (Å²) in [5.74, 6) is 0.774. The van der Waals surface area contributed by atoms with Crippen LogP contribution in [0.25, 0.3) is 0 Å². The van der Waals surface area contributed by atoms with Crippen molar-refractivity contribution in [2.75, 3.05) is 39.3 Å². The molecule has 1 heterocycles. The van der Waals surface area contributed by atoms with Gasteiger partial charge < -0.3 is 14.7 Å². The zero-order valence-electron chi connectivity index (χ0n) is 14.4. The van der Waals surface area contributed by atoms with E-state index >= 15 is 0 Å². The number of amides is 1. The largest absolute Gasteiger partial charge is 0.387 e. The summed E-state index contributed by atoms with van der Waals surface area (Å²) in [4.78, 5) is 16.5. The van der Waals surface area contributed by atoms with Gasteiger partial charge in [0, 0.05) is 32.7 Å². The van der Waals surface area contributed by atoms with E-state index in [2.05, 4.69) is 4.90 Å². The lowest BCUT2D eigenvalue weighted by atomic mass is 10.1. The third-order valence-electron chi connectivity index (χ3n) is 4.93. The standard InChI is InChI=1S/C19H28N2O3/c1-15(24-14-16-7-8-16)19(23)21-11-9-20(10-12-21)13-18(22)17-5-3-2-4-6-17/h2-6,15-16,18,22H,7-14H2,1H3. The number of aliphatic hydroxyl groups is 1. The molecular formula is C19H28N2O3. The summed E-state index contributed by atoms with van der Waals surface area (Å²) in [7, 11) is 0. The molecule has 5 nitrogen and oxygen atoms in total. The van der Waals surface area contributed by atoms with Crippen molar-refractivity contribution >= 4 is 5.91 Å². The molecule has 0 radical (unpaired) electrons. The van der Waals surface area contributed by atoms with Crippen molar-refractivity contribution in [1.29, 1.82) is 0 Å². The molecule has 3 rings (SSSR count). The molecule has 1 N–H and O–H groups in total. The van der Waals surface area contributed by atoms with Gasteiger partial charge in [-0.1, -0.05) is 30.3 Å². The highest BCUT2D eigenvalue weighted by Crippen LogP contribution is 2.29. The van der Waals surface area contributed by atoms with Crippen molar-refractivity contribution in [2.45, 2.75) is 32.0 Å². The molecule has 1 aliphatic heterocycles. The maximum Gasteiger partial charge on any atom is 0.251 e. The Morgan fingerprint density at radius 2 is 1.88 bits per heavy atom. The number of carbonyl (C=O) groups excluding carboxylic acids is 1. The van der Waals surface area contributed by atoms with E-state index in [0.717, 1.165) is 25.3 Å². The molecule has 1 amide bonds. The summed E-state index contributed by atoms with van der Waals surface area (Å²) >= 11 is 0. The number of hydrogen-bond acceptors (Lipinski definition) is 4. The van der Waals surface area contributed by atoms with E-state index < -0.39 is 6.10 Å². The van der Waals surface area contributed by atoms with Crippen molar-refractivity contribution in [3.63, 3.8) is 0 Å². The number of hydrogen-bond donors (Lipinski definition) is 1.